The van der Waals surface area contributed by atoms with E-state index < -0.39 is 0 Å². The molecular formula is C13H18N2O. The molecule has 3 nitrogen and oxygen atoms in total. The highest BCUT2D eigenvalue weighted by atomic mass is 16.5. The Bertz CT molecular complexity index is 382. The van der Waals surface area contributed by atoms with Crippen LogP contribution in [0.4, 0.5) is 5.69 Å². The van der Waals surface area contributed by atoms with Crippen molar-refractivity contribution >= 4 is 5.69 Å². The highest BCUT2D eigenvalue weighted by Crippen LogP contribution is 2.44. The zero-order valence-electron chi connectivity index (χ0n) is 9.48. The first kappa shape index (κ1) is 10.1. The molecule has 0 radical (unpaired) electrons. The average Bonchev–Trinajstić information content (AvgIpc) is 3.15. The Hall–Kier alpha value is -1.09. The molecule has 2 aliphatic rings. The predicted octanol–water partition coefficient (Wildman–Crippen LogP) is 2.44. The quantitative estimate of drug-likeness (QED) is 0.829. The monoisotopic (exact) mass is 218 g/mol. The lowest BCUT2D eigenvalue weighted by atomic mass is 9.93. The summed E-state index contributed by atoms with van der Waals surface area (Å²) in [5, 5.41) is 0. The lowest BCUT2D eigenvalue weighted by Crippen LogP contribution is -2.17. The summed E-state index contributed by atoms with van der Waals surface area (Å²) in [4.78, 5) is 4.49. The van der Waals surface area contributed by atoms with Crippen molar-refractivity contribution in [1.29, 1.82) is 0 Å². The van der Waals surface area contributed by atoms with Crippen LogP contribution in [0.3, 0.4) is 0 Å². The van der Waals surface area contributed by atoms with Crippen LogP contribution in [-0.4, -0.2) is 18.2 Å². The van der Waals surface area contributed by atoms with Gasteiger partial charge in [0.15, 0.2) is 0 Å². The number of ether oxygens (including phenoxy) is 1. The normalized spacial score (nSPS) is 22.2. The van der Waals surface area contributed by atoms with Gasteiger partial charge < -0.3 is 10.5 Å². The maximum Gasteiger partial charge on any atom is 0.0668 e. The molecule has 0 unspecified atom stereocenters. The molecule has 1 saturated heterocycles. The summed E-state index contributed by atoms with van der Waals surface area (Å²) in [6.45, 7) is 1.69. The van der Waals surface area contributed by atoms with E-state index in [-0.39, 0.29) is 0 Å². The van der Waals surface area contributed by atoms with Crippen molar-refractivity contribution in [3.05, 3.63) is 23.5 Å². The SMILES string of the molecule is Nc1c(C2CC2)ccnc1C1CCOCC1. The van der Waals surface area contributed by atoms with Gasteiger partial charge in [-0.1, -0.05) is 0 Å². The lowest BCUT2D eigenvalue weighted by molar-refractivity contribution is 0.0846. The predicted molar refractivity (Wildman–Crippen MR) is 63.4 cm³/mol. The fourth-order valence-corrected chi connectivity index (χ4v) is 2.55. The first-order valence-electron chi connectivity index (χ1n) is 6.18. The number of hydrogen-bond donors (Lipinski definition) is 1. The molecule has 3 rings (SSSR count). The molecule has 0 bridgehead atoms. The number of nitrogens with two attached hydrogens (primary N) is 1. The standard InChI is InChI=1S/C13H18N2O/c14-12-11(9-1-2-9)3-6-15-13(12)10-4-7-16-8-5-10/h3,6,9-10H,1-2,4-5,7-8,14H2. The molecule has 1 aliphatic carbocycles. The number of nitrogens with zero attached hydrogens (tertiary/aromatic N) is 1. The topological polar surface area (TPSA) is 48.1 Å². The van der Waals surface area contributed by atoms with E-state index in [4.69, 9.17) is 10.5 Å². The van der Waals surface area contributed by atoms with Gasteiger partial charge in [0, 0.05) is 25.3 Å². The Balaban J connectivity index is 1.90. The van der Waals surface area contributed by atoms with Gasteiger partial charge in [0.25, 0.3) is 0 Å². The van der Waals surface area contributed by atoms with Crippen molar-refractivity contribution in [2.24, 2.45) is 0 Å². The molecule has 2 N–H and O–H groups in total. The molecule has 3 heteroatoms. The van der Waals surface area contributed by atoms with Crippen LogP contribution in [0.2, 0.25) is 0 Å². The fourth-order valence-electron chi connectivity index (χ4n) is 2.55. The van der Waals surface area contributed by atoms with Gasteiger partial charge in [-0.2, -0.15) is 0 Å². The second-order valence-corrected chi connectivity index (χ2v) is 4.86. The third-order valence-electron chi connectivity index (χ3n) is 3.68. The summed E-state index contributed by atoms with van der Waals surface area (Å²) in [5.41, 5.74) is 9.66. The van der Waals surface area contributed by atoms with Crippen LogP contribution in [0.1, 0.15) is 48.8 Å². The third-order valence-corrected chi connectivity index (χ3v) is 3.68. The molecule has 1 aromatic heterocycles. The number of hydrogen-bond acceptors (Lipinski definition) is 3. The van der Waals surface area contributed by atoms with Crippen LogP contribution in [0.15, 0.2) is 12.3 Å². The second-order valence-electron chi connectivity index (χ2n) is 4.86. The highest BCUT2D eigenvalue weighted by molar-refractivity contribution is 5.54. The summed E-state index contributed by atoms with van der Waals surface area (Å²) >= 11 is 0. The summed E-state index contributed by atoms with van der Waals surface area (Å²) in [6, 6.07) is 2.09. The molecular weight excluding hydrogens is 200 g/mol. The number of aromatic nitrogens is 1. The smallest absolute Gasteiger partial charge is 0.0668 e. The summed E-state index contributed by atoms with van der Waals surface area (Å²) in [7, 11) is 0. The minimum Gasteiger partial charge on any atom is -0.397 e. The van der Waals surface area contributed by atoms with Crippen molar-refractivity contribution in [3.63, 3.8) is 0 Å². The van der Waals surface area contributed by atoms with Crippen LogP contribution >= 0.6 is 0 Å². The molecule has 0 amide bonds. The van der Waals surface area contributed by atoms with Gasteiger partial charge in [0.2, 0.25) is 0 Å². The third kappa shape index (κ3) is 1.80. The number of pyridine rings is 1. The van der Waals surface area contributed by atoms with E-state index in [2.05, 4.69) is 11.1 Å². The van der Waals surface area contributed by atoms with Crippen LogP contribution < -0.4 is 5.73 Å². The van der Waals surface area contributed by atoms with Crippen molar-refractivity contribution in [2.75, 3.05) is 18.9 Å². The van der Waals surface area contributed by atoms with Gasteiger partial charge >= 0.3 is 0 Å². The first-order valence-corrected chi connectivity index (χ1v) is 6.18. The number of rotatable bonds is 2. The highest BCUT2D eigenvalue weighted by Gasteiger charge is 2.28. The Morgan fingerprint density at radius 2 is 1.88 bits per heavy atom. The molecule has 2 fully saturated rings. The zero-order chi connectivity index (χ0) is 11.0. The van der Waals surface area contributed by atoms with Gasteiger partial charge in [-0.05, 0) is 43.2 Å². The van der Waals surface area contributed by atoms with Gasteiger partial charge in [0.1, 0.15) is 0 Å². The van der Waals surface area contributed by atoms with Gasteiger partial charge in [-0.25, -0.2) is 0 Å². The van der Waals surface area contributed by atoms with Gasteiger partial charge in [0.05, 0.1) is 11.4 Å². The van der Waals surface area contributed by atoms with E-state index in [0.29, 0.717) is 11.8 Å². The molecule has 1 aromatic rings. The van der Waals surface area contributed by atoms with E-state index in [1.54, 1.807) is 0 Å². The van der Waals surface area contributed by atoms with E-state index in [9.17, 15) is 0 Å². The maximum absolute atomic E-state index is 6.25. The van der Waals surface area contributed by atoms with E-state index in [0.717, 1.165) is 37.4 Å². The molecule has 16 heavy (non-hydrogen) atoms. The van der Waals surface area contributed by atoms with Crippen LogP contribution in [-0.2, 0) is 4.74 Å². The van der Waals surface area contributed by atoms with E-state index in [1.807, 2.05) is 6.20 Å². The molecule has 1 saturated carbocycles. The Morgan fingerprint density at radius 1 is 1.12 bits per heavy atom. The van der Waals surface area contributed by atoms with Crippen LogP contribution in [0.25, 0.3) is 0 Å². The van der Waals surface area contributed by atoms with Crippen molar-refractivity contribution in [2.45, 2.75) is 37.5 Å². The van der Waals surface area contributed by atoms with Crippen LogP contribution in [0.5, 0.6) is 0 Å². The van der Waals surface area contributed by atoms with Crippen LogP contribution in [0, 0.1) is 0 Å². The van der Waals surface area contributed by atoms with Crippen molar-refractivity contribution in [3.8, 4) is 0 Å². The number of anilines is 1. The fraction of sp³-hybridized carbons (Fsp3) is 0.615. The minimum absolute atomic E-state index is 0.507. The zero-order valence-corrected chi connectivity index (χ0v) is 9.48. The molecule has 0 atom stereocenters. The summed E-state index contributed by atoms with van der Waals surface area (Å²) in [5.74, 6) is 1.22. The summed E-state index contributed by atoms with van der Waals surface area (Å²) in [6.07, 6.45) is 6.63. The Kier molecular flexibility index (Phi) is 2.56. The van der Waals surface area contributed by atoms with Crippen molar-refractivity contribution in [1.82, 2.24) is 4.98 Å². The number of nitrogen functional groups attached to an aromatic ring is 1. The van der Waals surface area contributed by atoms with Gasteiger partial charge in [-0.3, -0.25) is 4.98 Å². The molecule has 1 aliphatic heterocycles. The summed E-state index contributed by atoms with van der Waals surface area (Å²) < 4.78 is 5.38. The van der Waals surface area contributed by atoms with Crippen molar-refractivity contribution < 1.29 is 4.74 Å². The first-order chi connectivity index (χ1) is 7.86. The average molecular weight is 218 g/mol. The Labute approximate surface area is 96.0 Å². The molecule has 86 valence electrons. The Morgan fingerprint density at radius 3 is 2.56 bits per heavy atom. The molecule has 0 spiro atoms. The largest absolute Gasteiger partial charge is 0.397 e. The second kappa shape index (κ2) is 4.06. The minimum atomic E-state index is 0.507. The van der Waals surface area contributed by atoms with Gasteiger partial charge in [-0.15, -0.1) is 0 Å². The maximum atomic E-state index is 6.25. The lowest BCUT2D eigenvalue weighted by Gasteiger charge is -2.23. The van der Waals surface area contributed by atoms with E-state index in [1.165, 1.54) is 18.4 Å². The van der Waals surface area contributed by atoms with E-state index >= 15 is 0 Å². The molecule has 2 heterocycles. The molecule has 0 aromatic carbocycles.